The SMILES string of the molecule is CC12CC3(C)CC(C)(C1)CC(C(=O)NC(C)(C)CO)(C2)C3. The molecular formula is C18H31NO2. The Hall–Kier alpha value is -0.570. The van der Waals surface area contributed by atoms with Crippen LogP contribution in [-0.2, 0) is 4.79 Å². The number of carbonyl (C=O) groups excluding carboxylic acids is 1. The van der Waals surface area contributed by atoms with Gasteiger partial charge in [0, 0.05) is 0 Å². The van der Waals surface area contributed by atoms with E-state index in [2.05, 4.69) is 26.1 Å². The summed E-state index contributed by atoms with van der Waals surface area (Å²) < 4.78 is 0. The monoisotopic (exact) mass is 293 g/mol. The average molecular weight is 293 g/mol. The van der Waals surface area contributed by atoms with Gasteiger partial charge in [-0.05, 0) is 68.6 Å². The highest BCUT2D eigenvalue weighted by Crippen LogP contribution is 2.73. The Morgan fingerprint density at radius 2 is 1.33 bits per heavy atom. The van der Waals surface area contributed by atoms with E-state index in [9.17, 15) is 9.90 Å². The maximum atomic E-state index is 13.1. The van der Waals surface area contributed by atoms with Gasteiger partial charge in [-0.25, -0.2) is 0 Å². The summed E-state index contributed by atoms with van der Waals surface area (Å²) in [6, 6.07) is 0. The summed E-state index contributed by atoms with van der Waals surface area (Å²) in [6.07, 6.45) is 6.89. The van der Waals surface area contributed by atoms with Gasteiger partial charge in [0.1, 0.15) is 0 Å². The van der Waals surface area contributed by atoms with E-state index in [0.29, 0.717) is 16.2 Å². The second-order valence-corrected chi connectivity index (χ2v) is 10.3. The molecule has 0 unspecified atom stereocenters. The molecule has 0 heterocycles. The van der Waals surface area contributed by atoms with Gasteiger partial charge in [-0.2, -0.15) is 0 Å². The Kier molecular flexibility index (Phi) is 2.95. The molecule has 0 spiro atoms. The molecule has 0 aromatic heterocycles. The summed E-state index contributed by atoms with van der Waals surface area (Å²) in [6.45, 7) is 11.0. The number of aliphatic hydroxyl groups is 1. The van der Waals surface area contributed by atoms with Gasteiger partial charge in [-0.15, -0.1) is 0 Å². The highest BCUT2D eigenvalue weighted by molar-refractivity contribution is 5.84. The summed E-state index contributed by atoms with van der Waals surface area (Å²) in [5.74, 6) is 0.185. The zero-order valence-electron chi connectivity index (χ0n) is 14.3. The molecule has 4 rings (SSSR count). The molecule has 0 aromatic rings. The van der Waals surface area contributed by atoms with E-state index >= 15 is 0 Å². The fraction of sp³-hybridized carbons (Fsp3) is 0.944. The highest BCUT2D eigenvalue weighted by Gasteiger charge is 2.66. The van der Waals surface area contributed by atoms with Crippen molar-refractivity contribution in [3.05, 3.63) is 0 Å². The fourth-order valence-corrected chi connectivity index (χ4v) is 7.01. The van der Waals surface area contributed by atoms with Gasteiger partial charge in [0.25, 0.3) is 0 Å². The fourth-order valence-electron chi connectivity index (χ4n) is 7.01. The minimum Gasteiger partial charge on any atom is -0.394 e. The largest absolute Gasteiger partial charge is 0.394 e. The van der Waals surface area contributed by atoms with Crippen LogP contribution in [0, 0.1) is 21.7 Å². The lowest BCUT2D eigenvalue weighted by Crippen LogP contribution is -2.64. The van der Waals surface area contributed by atoms with E-state index in [4.69, 9.17) is 0 Å². The highest BCUT2D eigenvalue weighted by atomic mass is 16.3. The number of hydrogen-bond donors (Lipinski definition) is 2. The summed E-state index contributed by atoms with van der Waals surface area (Å²) in [7, 11) is 0. The summed E-state index contributed by atoms with van der Waals surface area (Å²) in [5.41, 5.74) is 0.222. The number of aliphatic hydroxyl groups excluding tert-OH is 1. The Morgan fingerprint density at radius 1 is 0.952 bits per heavy atom. The number of carbonyl (C=O) groups is 1. The molecule has 0 saturated heterocycles. The van der Waals surface area contributed by atoms with Crippen LogP contribution in [0.4, 0.5) is 0 Å². The molecule has 4 aliphatic rings. The molecule has 4 fully saturated rings. The molecule has 0 aliphatic heterocycles. The molecule has 3 nitrogen and oxygen atoms in total. The molecular weight excluding hydrogens is 262 g/mol. The number of nitrogens with one attached hydrogen (secondary N) is 1. The molecule has 4 aliphatic carbocycles. The van der Waals surface area contributed by atoms with Gasteiger partial charge >= 0.3 is 0 Å². The van der Waals surface area contributed by atoms with Crippen LogP contribution >= 0.6 is 0 Å². The van der Waals surface area contributed by atoms with Crippen LogP contribution in [0.1, 0.15) is 73.1 Å². The predicted octanol–water partition coefficient (Wildman–Crippen LogP) is 3.26. The molecule has 0 atom stereocenters. The van der Waals surface area contributed by atoms with Crippen molar-refractivity contribution in [2.45, 2.75) is 78.7 Å². The molecule has 1 amide bonds. The first kappa shape index (κ1) is 15.3. The van der Waals surface area contributed by atoms with Gasteiger partial charge in [0.05, 0.1) is 17.6 Å². The second-order valence-electron chi connectivity index (χ2n) is 10.3. The van der Waals surface area contributed by atoms with E-state index in [1.807, 2.05) is 13.8 Å². The van der Waals surface area contributed by atoms with Crippen molar-refractivity contribution in [3.63, 3.8) is 0 Å². The normalized spacial score (nSPS) is 48.5. The van der Waals surface area contributed by atoms with Gasteiger partial charge in [0.2, 0.25) is 5.91 Å². The number of amides is 1. The predicted molar refractivity (Wildman–Crippen MR) is 83.8 cm³/mol. The zero-order chi connectivity index (χ0) is 15.7. The van der Waals surface area contributed by atoms with Crippen molar-refractivity contribution < 1.29 is 9.90 Å². The van der Waals surface area contributed by atoms with E-state index in [-0.39, 0.29) is 17.9 Å². The zero-order valence-corrected chi connectivity index (χ0v) is 14.3. The first-order valence-corrected chi connectivity index (χ1v) is 8.37. The molecule has 4 saturated carbocycles. The van der Waals surface area contributed by atoms with Gasteiger partial charge in [0.15, 0.2) is 0 Å². The smallest absolute Gasteiger partial charge is 0.226 e. The Balaban J connectivity index is 1.93. The lowest BCUT2D eigenvalue weighted by Gasteiger charge is -2.68. The number of hydrogen-bond acceptors (Lipinski definition) is 2. The maximum absolute atomic E-state index is 13.1. The van der Waals surface area contributed by atoms with Crippen molar-refractivity contribution in [1.29, 1.82) is 0 Å². The minimum atomic E-state index is -0.525. The van der Waals surface area contributed by atoms with Crippen molar-refractivity contribution in [2.75, 3.05) is 6.61 Å². The summed E-state index contributed by atoms with van der Waals surface area (Å²) >= 11 is 0. The van der Waals surface area contributed by atoms with Crippen LogP contribution in [0.15, 0.2) is 0 Å². The van der Waals surface area contributed by atoms with Crippen LogP contribution in [0.25, 0.3) is 0 Å². The standard InChI is InChI=1S/C18H31NO2/c1-14(2,12-20)19-13(21)18-9-15(3)6-16(4,10-18)8-17(5,7-15)11-18/h20H,6-12H2,1-5H3,(H,19,21). The molecule has 3 heteroatoms. The Labute approximate surface area is 128 Å². The van der Waals surface area contributed by atoms with Gasteiger partial charge in [-0.3, -0.25) is 4.79 Å². The van der Waals surface area contributed by atoms with Crippen LogP contribution in [0.3, 0.4) is 0 Å². The molecule has 120 valence electrons. The lowest BCUT2D eigenvalue weighted by atomic mass is 9.36. The molecule has 4 bridgehead atoms. The van der Waals surface area contributed by atoms with Crippen molar-refractivity contribution in [3.8, 4) is 0 Å². The second kappa shape index (κ2) is 4.04. The van der Waals surface area contributed by atoms with Crippen molar-refractivity contribution >= 4 is 5.91 Å². The first-order valence-electron chi connectivity index (χ1n) is 8.37. The van der Waals surface area contributed by atoms with Crippen LogP contribution in [0.5, 0.6) is 0 Å². The van der Waals surface area contributed by atoms with E-state index in [0.717, 1.165) is 19.3 Å². The summed E-state index contributed by atoms with van der Waals surface area (Å²) in [4.78, 5) is 13.1. The van der Waals surface area contributed by atoms with Crippen LogP contribution < -0.4 is 5.32 Å². The van der Waals surface area contributed by atoms with E-state index < -0.39 is 5.54 Å². The molecule has 0 radical (unpaired) electrons. The molecule has 21 heavy (non-hydrogen) atoms. The van der Waals surface area contributed by atoms with E-state index in [1.165, 1.54) is 19.3 Å². The average Bonchev–Trinajstić information content (AvgIpc) is 2.21. The molecule has 2 N–H and O–H groups in total. The third-order valence-electron chi connectivity index (χ3n) is 6.19. The van der Waals surface area contributed by atoms with E-state index in [1.54, 1.807) is 0 Å². The topological polar surface area (TPSA) is 49.3 Å². The third kappa shape index (κ3) is 2.42. The van der Waals surface area contributed by atoms with Crippen LogP contribution in [0.2, 0.25) is 0 Å². The Morgan fingerprint density at radius 3 is 1.67 bits per heavy atom. The van der Waals surface area contributed by atoms with Crippen molar-refractivity contribution in [1.82, 2.24) is 5.32 Å². The quantitative estimate of drug-likeness (QED) is 0.839. The lowest BCUT2D eigenvalue weighted by molar-refractivity contribution is -0.193. The minimum absolute atomic E-state index is 0.0133. The Bertz CT molecular complexity index is 428. The summed E-state index contributed by atoms with van der Waals surface area (Å²) in [5, 5.41) is 12.6. The van der Waals surface area contributed by atoms with Crippen LogP contribution in [-0.4, -0.2) is 23.2 Å². The first-order chi connectivity index (χ1) is 9.43. The van der Waals surface area contributed by atoms with Crippen molar-refractivity contribution in [2.24, 2.45) is 21.7 Å². The van der Waals surface area contributed by atoms with Gasteiger partial charge in [-0.1, -0.05) is 20.8 Å². The van der Waals surface area contributed by atoms with Gasteiger partial charge < -0.3 is 10.4 Å². The molecule has 0 aromatic carbocycles. The maximum Gasteiger partial charge on any atom is 0.226 e. The number of rotatable bonds is 3. The third-order valence-corrected chi connectivity index (χ3v) is 6.19.